The van der Waals surface area contributed by atoms with E-state index >= 15 is 0 Å². The number of carbonyl (C=O) groups is 1. The van der Waals surface area contributed by atoms with Crippen LogP contribution in [-0.4, -0.2) is 63.4 Å². The maximum absolute atomic E-state index is 11.7. The molecule has 0 saturated carbocycles. The Morgan fingerprint density at radius 2 is 2.25 bits per heavy atom. The van der Waals surface area contributed by atoms with Crippen LogP contribution in [0.1, 0.15) is 6.42 Å². The van der Waals surface area contributed by atoms with E-state index in [2.05, 4.69) is 5.32 Å². The van der Waals surface area contributed by atoms with Crippen molar-refractivity contribution in [2.24, 2.45) is 5.92 Å². The Hall–Kier alpha value is -0.650. The fraction of sp³-hybridized carbons (Fsp3) is 0.909. The lowest BCUT2D eigenvalue weighted by Crippen LogP contribution is -2.42. The van der Waals surface area contributed by atoms with Crippen molar-refractivity contribution in [3.8, 4) is 0 Å². The number of morpholine rings is 1. The molecule has 2 heterocycles. The van der Waals surface area contributed by atoms with Gasteiger partial charge in [-0.1, -0.05) is 0 Å². The third-order valence-corrected chi connectivity index (χ3v) is 3.11. The van der Waals surface area contributed by atoms with Gasteiger partial charge in [-0.15, -0.1) is 0 Å². The predicted octanol–water partition coefficient (Wildman–Crippen LogP) is -0.529. The minimum Gasteiger partial charge on any atom is -0.378 e. The van der Waals surface area contributed by atoms with E-state index in [0.29, 0.717) is 38.8 Å². The smallest absolute Gasteiger partial charge is 0.248 e. The quantitative estimate of drug-likeness (QED) is 0.703. The summed E-state index contributed by atoms with van der Waals surface area (Å²) in [4.78, 5) is 13.5. The Morgan fingerprint density at radius 1 is 1.44 bits per heavy atom. The first-order valence-electron chi connectivity index (χ1n) is 6.00. The number of ether oxygens (including phenoxy) is 2. The number of rotatable bonds is 4. The van der Waals surface area contributed by atoms with Crippen LogP contribution in [0.25, 0.3) is 0 Å². The molecule has 1 unspecified atom stereocenters. The lowest BCUT2D eigenvalue weighted by molar-refractivity contribution is -0.140. The van der Waals surface area contributed by atoms with Gasteiger partial charge in [-0.2, -0.15) is 0 Å². The molecule has 0 radical (unpaired) electrons. The Bertz CT molecular complexity index is 223. The van der Waals surface area contributed by atoms with E-state index in [0.717, 1.165) is 19.5 Å². The molecule has 0 aromatic heterocycles. The lowest BCUT2D eigenvalue weighted by atomic mass is 10.1. The zero-order chi connectivity index (χ0) is 11.2. The lowest BCUT2D eigenvalue weighted by Gasteiger charge is -2.26. The maximum Gasteiger partial charge on any atom is 0.248 e. The molecule has 16 heavy (non-hydrogen) atoms. The molecule has 0 aromatic rings. The summed E-state index contributed by atoms with van der Waals surface area (Å²) in [6.45, 7) is 5.72. The summed E-state index contributed by atoms with van der Waals surface area (Å²) in [5.74, 6) is 0.673. The molecule has 2 aliphatic rings. The monoisotopic (exact) mass is 228 g/mol. The van der Waals surface area contributed by atoms with E-state index in [4.69, 9.17) is 9.47 Å². The van der Waals surface area contributed by atoms with Gasteiger partial charge in [0.15, 0.2) is 0 Å². The molecule has 0 aliphatic carbocycles. The Labute approximate surface area is 96.1 Å². The summed E-state index contributed by atoms with van der Waals surface area (Å²) in [5.41, 5.74) is 0. The number of amides is 1. The van der Waals surface area contributed by atoms with Crippen LogP contribution < -0.4 is 5.32 Å². The molecule has 5 nitrogen and oxygen atoms in total. The van der Waals surface area contributed by atoms with E-state index < -0.39 is 0 Å². The molecular weight excluding hydrogens is 208 g/mol. The summed E-state index contributed by atoms with van der Waals surface area (Å²) in [6, 6.07) is 0. The topological polar surface area (TPSA) is 50.8 Å². The fourth-order valence-corrected chi connectivity index (χ4v) is 2.07. The van der Waals surface area contributed by atoms with Crippen LogP contribution in [0.5, 0.6) is 0 Å². The number of carbonyl (C=O) groups excluding carboxylic acids is 1. The van der Waals surface area contributed by atoms with Gasteiger partial charge in [0.25, 0.3) is 0 Å². The molecule has 5 heteroatoms. The van der Waals surface area contributed by atoms with Crippen molar-refractivity contribution in [3.05, 3.63) is 0 Å². The highest BCUT2D eigenvalue weighted by atomic mass is 16.5. The van der Waals surface area contributed by atoms with Crippen LogP contribution in [0.3, 0.4) is 0 Å². The number of hydrogen-bond acceptors (Lipinski definition) is 4. The molecule has 2 fully saturated rings. The third kappa shape index (κ3) is 3.43. The van der Waals surface area contributed by atoms with Crippen LogP contribution in [0, 0.1) is 5.92 Å². The highest BCUT2D eigenvalue weighted by molar-refractivity contribution is 5.77. The summed E-state index contributed by atoms with van der Waals surface area (Å²) in [5, 5.41) is 3.28. The van der Waals surface area contributed by atoms with Crippen LogP contribution in [0.4, 0.5) is 0 Å². The van der Waals surface area contributed by atoms with Gasteiger partial charge in [-0.25, -0.2) is 0 Å². The maximum atomic E-state index is 11.7. The molecule has 0 spiro atoms. The summed E-state index contributed by atoms with van der Waals surface area (Å²) in [7, 11) is 0. The first kappa shape index (κ1) is 11.8. The van der Waals surface area contributed by atoms with Crippen LogP contribution in [0.15, 0.2) is 0 Å². The van der Waals surface area contributed by atoms with Crippen molar-refractivity contribution in [1.29, 1.82) is 0 Å². The van der Waals surface area contributed by atoms with Gasteiger partial charge >= 0.3 is 0 Å². The molecule has 2 rings (SSSR count). The van der Waals surface area contributed by atoms with Crippen LogP contribution in [-0.2, 0) is 14.3 Å². The minimum absolute atomic E-state index is 0.0919. The first-order valence-corrected chi connectivity index (χ1v) is 6.00. The van der Waals surface area contributed by atoms with Gasteiger partial charge in [-0.05, 0) is 18.9 Å². The largest absolute Gasteiger partial charge is 0.378 e. The number of nitrogens with zero attached hydrogens (tertiary/aromatic N) is 1. The van der Waals surface area contributed by atoms with Gasteiger partial charge < -0.3 is 19.7 Å². The van der Waals surface area contributed by atoms with Gasteiger partial charge in [0.1, 0.15) is 6.61 Å². The second kappa shape index (κ2) is 6.18. The second-order valence-corrected chi connectivity index (χ2v) is 4.37. The summed E-state index contributed by atoms with van der Waals surface area (Å²) >= 11 is 0. The van der Waals surface area contributed by atoms with Gasteiger partial charge in [0.05, 0.1) is 19.8 Å². The van der Waals surface area contributed by atoms with E-state index in [1.54, 1.807) is 0 Å². The Kier molecular flexibility index (Phi) is 4.56. The van der Waals surface area contributed by atoms with E-state index in [-0.39, 0.29) is 12.5 Å². The van der Waals surface area contributed by atoms with Crippen molar-refractivity contribution in [2.45, 2.75) is 6.42 Å². The standard InChI is InChI=1S/C11H20N2O3/c14-11(13-3-5-15-6-4-13)9-16-8-10-1-2-12-7-10/h10,12H,1-9H2. The van der Waals surface area contributed by atoms with Gasteiger partial charge in [0.2, 0.25) is 5.91 Å². The molecular formula is C11H20N2O3. The van der Waals surface area contributed by atoms with Crippen molar-refractivity contribution in [3.63, 3.8) is 0 Å². The van der Waals surface area contributed by atoms with Crippen LogP contribution in [0.2, 0.25) is 0 Å². The van der Waals surface area contributed by atoms with E-state index in [1.165, 1.54) is 0 Å². The second-order valence-electron chi connectivity index (χ2n) is 4.37. The molecule has 0 bridgehead atoms. The van der Waals surface area contributed by atoms with Crippen LogP contribution >= 0.6 is 0 Å². The SMILES string of the molecule is O=C(COCC1CCNC1)N1CCOCC1. The van der Waals surface area contributed by atoms with E-state index in [9.17, 15) is 4.79 Å². The molecule has 1 amide bonds. The zero-order valence-electron chi connectivity index (χ0n) is 9.61. The van der Waals surface area contributed by atoms with Crippen molar-refractivity contribution < 1.29 is 14.3 Å². The molecule has 2 saturated heterocycles. The highest BCUT2D eigenvalue weighted by Gasteiger charge is 2.18. The molecule has 0 aromatic carbocycles. The van der Waals surface area contributed by atoms with Crippen molar-refractivity contribution >= 4 is 5.91 Å². The summed E-state index contributed by atoms with van der Waals surface area (Å²) < 4.78 is 10.7. The highest BCUT2D eigenvalue weighted by Crippen LogP contribution is 2.07. The van der Waals surface area contributed by atoms with Crippen molar-refractivity contribution in [1.82, 2.24) is 10.2 Å². The Morgan fingerprint density at radius 3 is 2.94 bits per heavy atom. The number of hydrogen-bond donors (Lipinski definition) is 1. The molecule has 1 N–H and O–H groups in total. The third-order valence-electron chi connectivity index (χ3n) is 3.11. The minimum atomic E-state index is 0.0919. The molecule has 1 atom stereocenters. The molecule has 92 valence electrons. The average molecular weight is 228 g/mol. The molecule has 2 aliphatic heterocycles. The van der Waals surface area contributed by atoms with E-state index in [1.807, 2.05) is 4.90 Å². The number of nitrogens with one attached hydrogen (secondary N) is 1. The predicted molar refractivity (Wildman–Crippen MR) is 59.2 cm³/mol. The van der Waals surface area contributed by atoms with Gasteiger partial charge in [0, 0.05) is 19.6 Å². The zero-order valence-corrected chi connectivity index (χ0v) is 9.61. The normalized spacial score (nSPS) is 26.0. The fourth-order valence-electron chi connectivity index (χ4n) is 2.07. The average Bonchev–Trinajstić information content (AvgIpc) is 2.83. The summed E-state index contributed by atoms with van der Waals surface area (Å²) in [6.07, 6.45) is 1.16. The van der Waals surface area contributed by atoms with Gasteiger partial charge in [-0.3, -0.25) is 4.79 Å². The Balaban J connectivity index is 1.59. The van der Waals surface area contributed by atoms with Crippen molar-refractivity contribution in [2.75, 3.05) is 52.6 Å². The first-order chi connectivity index (χ1) is 7.86.